The van der Waals surface area contributed by atoms with Gasteiger partial charge in [0, 0.05) is 17.4 Å². The minimum absolute atomic E-state index is 0.0699. The Balaban J connectivity index is 1.89. The summed E-state index contributed by atoms with van der Waals surface area (Å²) in [6, 6.07) is 0. The predicted octanol–water partition coefficient (Wildman–Crippen LogP) is 5.98. The summed E-state index contributed by atoms with van der Waals surface area (Å²) in [6.45, 7) is 19.7. The van der Waals surface area contributed by atoms with Crippen molar-refractivity contribution < 1.29 is 9.05 Å². The molecule has 0 aliphatic carbocycles. The second kappa shape index (κ2) is 7.76. The highest BCUT2D eigenvalue weighted by Gasteiger charge is 2.28. The summed E-state index contributed by atoms with van der Waals surface area (Å²) >= 11 is 0. The molecule has 0 radical (unpaired) electrons. The number of aromatic nitrogens is 3. The molecular weight excluding hydrogens is 338 g/mol. The molecule has 0 N–H and O–H groups in total. The summed E-state index contributed by atoms with van der Waals surface area (Å²) < 4.78 is 10.8. The van der Waals surface area contributed by atoms with Crippen molar-refractivity contribution in [3.63, 3.8) is 0 Å². The van der Waals surface area contributed by atoms with Crippen LogP contribution < -0.4 is 0 Å². The van der Waals surface area contributed by atoms with Crippen molar-refractivity contribution in [2.75, 3.05) is 0 Å². The third-order valence-corrected chi connectivity index (χ3v) is 5.47. The lowest BCUT2D eigenvalue weighted by atomic mass is 9.74. The van der Waals surface area contributed by atoms with E-state index in [9.17, 15) is 0 Å². The Bertz CT molecular complexity index is 728. The zero-order chi connectivity index (χ0) is 20.5. The van der Waals surface area contributed by atoms with E-state index in [0.29, 0.717) is 0 Å². The second-order valence-corrected chi connectivity index (χ2v) is 10.6. The van der Waals surface area contributed by atoms with Crippen molar-refractivity contribution in [3.05, 3.63) is 28.7 Å². The highest BCUT2D eigenvalue weighted by atomic mass is 16.5. The van der Waals surface area contributed by atoms with E-state index in [0.717, 1.165) is 55.3 Å². The Morgan fingerprint density at radius 3 is 1.93 bits per heavy atom. The highest BCUT2D eigenvalue weighted by molar-refractivity contribution is 5.22. The third-order valence-electron chi connectivity index (χ3n) is 5.47. The van der Waals surface area contributed by atoms with Gasteiger partial charge in [-0.15, -0.1) is 0 Å². The maximum atomic E-state index is 5.45. The van der Waals surface area contributed by atoms with Crippen LogP contribution in [0.25, 0.3) is 0 Å². The molecule has 0 aromatic carbocycles. The summed E-state index contributed by atoms with van der Waals surface area (Å²) in [5.41, 5.74) is 2.65. The molecule has 0 amide bonds. The molecule has 2 heterocycles. The highest BCUT2D eigenvalue weighted by Crippen LogP contribution is 2.37. The molecule has 5 heteroatoms. The lowest BCUT2D eigenvalue weighted by Gasteiger charge is -2.31. The van der Waals surface area contributed by atoms with Crippen LogP contribution in [-0.2, 0) is 18.3 Å². The molecule has 0 aliphatic heterocycles. The first-order valence-electron chi connectivity index (χ1n) is 10.0. The van der Waals surface area contributed by atoms with Gasteiger partial charge in [0.2, 0.25) is 5.89 Å². The van der Waals surface area contributed by atoms with Gasteiger partial charge in [0.25, 0.3) is 0 Å². The second-order valence-electron chi connectivity index (χ2n) is 10.6. The van der Waals surface area contributed by atoms with E-state index in [-0.39, 0.29) is 16.2 Å². The lowest BCUT2D eigenvalue weighted by molar-refractivity contribution is 0.219. The van der Waals surface area contributed by atoms with Crippen LogP contribution >= 0.6 is 0 Å². The Hall–Kier alpha value is -1.65. The number of hydrogen-bond acceptors (Lipinski definition) is 5. The Morgan fingerprint density at radius 1 is 0.778 bits per heavy atom. The van der Waals surface area contributed by atoms with Crippen LogP contribution in [0.4, 0.5) is 0 Å². The van der Waals surface area contributed by atoms with E-state index in [4.69, 9.17) is 9.05 Å². The Labute approximate surface area is 164 Å². The molecule has 0 spiro atoms. The van der Waals surface area contributed by atoms with Gasteiger partial charge in [-0.25, -0.2) is 0 Å². The first kappa shape index (κ1) is 21.6. The van der Waals surface area contributed by atoms with E-state index in [1.54, 1.807) is 0 Å². The molecule has 0 saturated heterocycles. The zero-order valence-electron chi connectivity index (χ0n) is 18.7. The van der Waals surface area contributed by atoms with Crippen molar-refractivity contribution in [2.45, 2.75) is 99.8 Å². The van der Waals surface area contributed by atoms with Gasteiger partial charge >= 0.3 is 0 Å². The van der Waals surface area contributed by atoms with Crippen LogP contribution in [0.2, 0.25) is 0 Å². The predicted molar refractivity (Wildman–Crippen MR) is 108 cm³/mol. The zero-order valence-corrected chi connectivity index (χ0v) is 18.7. The summed E-state index contributed by atoms with van der Waals surface area (Å²) in [5, 5.41) is 8.22. The summed E-state index contributed by atoms with van der Waals surface area (Å²) in [7, 11) is 0. The maximum Gasteiger partial charge on any atom is 0.226 e. The average molecular weight is 376 g/mol. The SMILES string of the molecule is Cc1noc(C)c1CC(C)(C)CCC(C)(C)CCc1nc(C(C)(C)C)no1. The number of hydrogen-bond donors (Lipinski definition) is 0. The van der Waals surface area contributed by atoms with Crippen LogP contribution in [0.15, 0.2) is 9.05 Å². The fraction of sp³-hybridized carbons (Fsp3) is 0.773. The largest absolute Gasteiger partial charge is 0.361 e. The molecule has 0 fully saturated rings. The van der Waals surface area contributed by atoms with Crippen LogP contribution in [0.1, 0.15) is 96.5 Å². The number of rotatable bonds is 8. The van der Waals surface area contributed by atoms with Gasteiger partial charge in [0.1, 0.15) is 5.76 Å². The van der Waals surface area contributed by atoms with Crippen LogP contribution in [0.5, 0.6) is 0 Å². The molecule has 0 atom stereocenters. The molecule has 27 heavy (non-hydrogen) atoms. The normalized spacial score (nSPS) is 13.4. The third kappa shape index (κ3) is 6.18. The van der Waals surface area contributed by atoms with Crippen molar-refractivity contribution in [3.8, 4) is 0 Å². The molecule has 2 aromatic rings. The van der Waals surface area contributed by atoms with Crippen molar-refractivity contribution in [2.24, 2.45) is 10.8 Å². The van der Waals surface area contributed by atoms with Gasteiger partial charge < -0.3 is 9.05 Å². The number of nitrogens with zero attached hydrogens (tertiary/aromatic N) is 3. The van der Waals surface area contributed by atoms with E-state index in [1.165, 1.54) is 5.56 Å². The minimum Gasteiger partial charge on any atom is -0.361 e. The molecule has 0 unspecified atom stereocenters. The topological polar surface area (TPSA) is 65.0 Å². The minimum atomic E-state index is -0.0699. The molecular formula is C22H37N3O2. The summed E-state index contributed by atoms with van der Waals surface area (Å²) in [6.07, 6.45) is 5.19. The Kier molecular flexibility index (Phi) is 6.23. The molecule has 0 saturated carbocycles. The molecule has 5 nitrogen and oxygen atoms in total. The molecule has 2 rings (SSSR count). The first-order valence-corrected chi connectivity index (χ1v) is 10.0. The maximum absolute atomic E-state index is 5.45. The standard InChI is InChI=1S/C22H37N3O2/c1-15-17(16(2)26-24-15)14-22(8,9)13-12-21(6,7)11-10-18-23-19(25-27-18)20(3,4)5/h10-14H2,1-9H3. The molecule has 2 aromatic heterocycles. The lowest BCUT2D eigenvalue weighted by Crippen LogP contribution is -2.21. The molecule has 152 valence electrons. The van der Waals surface area contributed by atoms with E-state index in [1.807, 2.05) is 13.8 Å². The van der Waals surface area contributed by atoms with Gasteiger partial charge in [-0.1, -0.05) is 58.8 Å². The quantitative estimate of drug-likeness (QED) is 0.568. The Morgan fingerprint density at radius 2 is 1.41 bits per heavy atom. The van der Waals surface area contributed by atoms with Crippen LogP contribution in [-0.4, -0.2) is 15.3 Å². The van der Waals surface area contributed by atoms with Gasteiger partial charge in [-0.2, -0.15) is 4.98 Å². The van der Waals surface area contributed by atoms with E-state index >= 15 is 0 Å². The van der Waals surface area contributed by atoms with E-state index < -0.39 is 0 Å². The van der Waals surface area contributed by atoms with Gasteiger partial charge in [-0.3, -0.25) is 0 Å². The fourth-order valence-electron chi connectivity index (χ4n) is 3.23. The summed E-state index contributed by atoms with van der Waals surface area (Å²) in [4.78, 5) is 4.57. The van der Waals surface area contributed by atoms with Crippen LogP contribution in [0, 0.1) is 24.7 Å². The monoisotopic (exact) mass is 375 g/mol. The smallest absolute Gasteiger partial charge is 0.226 e. The van der Waals surface area contributed by atoms with Crippen molar-refractivity contribution in [1.29, 1.82) is 0 Å². The van der Waals surface area contributed by atoms with E-state index in [2.05, 4.69) is 63.8 Å². The van der Waals surface area contributed by atoms with Crippen molar-refractivity contribution >= 4 is 0 Å². The van der Waals surface area contributed by atoms with Crippen molar-refractivity contribution in [1.82, 2.24) is 15.3 Å². The van der Waals surface area contributed by atoms with Gasteiger partial charge in [0.15, 0.2) is 5.82 Å². The first-order chi connectivity index (χ1) is 12.3. The fourth-order valence-corrected chi connectivity index (χ4v) is 3.23. The number of aryl methyl sites for hydroxylation is 3. The van der Waals surface area contributed by atoms with Crippen LogP contribution in [0.3, 0.4) is 0 Å². The molecule has 0 bridgehead atoms. The summed E-state index contributed by atoms with van der Waals surface area (Å²) in [5.74, 6) is 2.49. The van der Waals surface area contributed by atoms with Gasteiger partial charge in [-0.05, 0) is 50.4 Å². The van der Waals surface area contributed by atoms with Gasteiger partial charge in [0.05, 0.1) is 5.69 Å². The molecule has 0 aliphatic rings. The average Bonchev–Trinajstić information content (AvgIpc) is 3.14.